The molecule has 0 aliphatic carbocycles. The van der Waals surface area contributed by atoms with Crippen molar-refractivity contribution in [2.75, 3.05) is 14.2 Å². The van der Waals surface area contributed by atoms with Gasteiger partial charge in [0.15, 0.2) is 0 Å². The monoisotopic (exact) mass is 280 g/mol. The van der Waals surface area contributed by atoms with Crippen molar-refractivity contribution >= 4 is 11.8 Å². The zero-order chi connectivity index (χ0) is 15.2. The van der Waals surface area contributed by atoms with Crippen LogP contribution in [0.4, 0.5) is 5.69 Å². The highest BCUT2D eigenvalue weighted by Gasteiger charge is 2.08. The van der Waals surface area contributed by atoms with Crippen LogP contribution in [-0.4, -0.2) is 20.3 Å². The lowest BCUT2D eigenvalue weighted by Crippen LogP contribution is -1.90. The maximum Gasteiger partial charge on any atom is 0.240 e. The molecule has 5 heteroatoms. The quantitative estimate of drug-likeness (QED) is 0.636. The number of methoxy groups -OCH3 is 2. The lowest BCUT2D eigenvalue weighted by atomic mass is 10.0. The van der Waals surface area contributed by atoms with Gasteiger partial charge < -0.3 is 9.47 Å². The number of rotatable bonds is 4. The van der Waals surface area contributed by atoms with Gasteiger partial charge in [0.1, 0.15) is 23.3 Å². The third-order valence-corrected chi connectivity index (χ3v) is 3.00. The first-order valence-electron chi connectivity index (χ1n) is 6.08. The third kappa shape index (κ3) is 2.92. The van der Waals surface area contributed by atoms with Crippen LogP contribution in [0.15, 0.2) is 41.4 Å². The van der Waals surface area contributed by atoms with Gasteiger partial charge in [0.25, 0.3) is 0 Å². The summed E-state index contributed by atoms with van der Waals surface area (Å²) >= 11 is 0. The molecule has 0 saturated carbocycles. The molecule has 0 saturated heterocycles. The van der Waals surface area contributed by atoms with Crippen molar-refractivity contribution in [3.05, 3.63) is 42.0 Å². The van der Waals surface area contributed by atoms with Gasteiger partial charge in [-0.1, -0.05) is 12.1 Å². The first kappa shape index (κ1) is 14.3. The molecule has 0 aromatic heterocycles. The van der Waals surface area contributed by atoms with Gasteiger partial charge in [0, 0.05) is 0 Å². The highest BCUT2D eigenvalue weighted by atomic mass is 16.5. The maximum absolute atomic E-state index is 10.4. The normalized spacial score (nSPS) is 9.38. The molecule has 0 heterocycles. The Labute approximate surface area is 122 Å². The molecule has 0 radical (unpaired) electrons. The Bertz CT molecular complexity index is 757. The molecule has 104 valence electrons. The number of isocyanates is 1. The van der Waals surface area contributed by atoms with Gasteiger partial charge in [-0.3, -0.25) is 0 Å². The van der Waals surface area contributed by atoms with Crippen molar-refractivity contribution in [2.24, 2.45) is 4.99 Å². The van der Waals surface area contributed by atoms with Crippen LogP contribution in [0.2, 0.25) is 0 Å². The predicted molar refractivity (Wildman–Crippen MR) is 77.5 cm³/mol. The van der Waals surface area contributed by atoms with E-state index in [0.717, 1.165) is 11.1 Å². The van der Waals surface area contributed by atoms with E-state index in [4.69, 9.17) is 14.7 Å². The number of hydrogen-bond donors (Lipinski definition) is 0. The van der Waals surface area contributed by atoms with Crippen molar-refractivity contribution in [3.8, 4) is 28.7 Å². The molecule has 0 atom stereocenters. The molecular weight excluding hydrogens is 268 g/mol. The van der Waals surface area contributed by atoms with Crippen molar-refractivity contribution in [1.82, 2.24) is 0 Å². The van der Waals surface area contributed by atoms with Crippen LogP contribution in [0.1, 0.15) is 5.56 Å². The summed E-state index contributed by atoms with van der Waals surface area (Å²) in [6, 6.07) is 12.6. The second kappa shape index (κ2) is 6.38. The van der Waals surface area contributed by atoms with Crippen molar-refractivity contribution in [2.45, 2.75) is 0 Å². The molecule has 0 spiro atoms. The third-order valence-electron chi connectivity index (χ3n) is 3.00. The Morgan fingerprint density at radius 3 is 2.19 bits per heavy atom. The summed E-state index contributed by atoms with van der Waals surface area (Å²) in [4.78, 5) is 13.9. The highest BCUT2D eigenvalue weighted by Crippen LogP contribution is 2.34. The topological polar surface area (TPSA) is 71.7 Å². The molecule has 2 aromatic carbocycles. The van der Waals surface area contributed by atoms with Gasteiger partial charge in [-0.25, -0.2) is 4.79 Å². The Balaban J connectivity index is 2.52. The van der Waals surface area contributed by atoms with Gasteiger partial charge in [-0.05, 0) is 35.4 Å². The second-order valence-electron chi connectivity index (χ2n) is 4.12. The zero-order valence-corrected chi connectivity index (χ0v) is 11.6. The van der Waals surface area contributed by atoms with E-state index < -0.39 is 0 Å². The maximum atomic E-state index is 10.4. The van der Waals surface area contributed by atoms with Crippen molar-refractivity contribution in [1.29, 1.82) is 5.26 Å². The van der Waals surface area contributed by atoms with E-state index >= 15 is 0 Å². The van der Waals surface area contributed by atoms with E-state index in [1.54, 1.807) is 30.3 Å². The molecule has 5 nitrogen and oxygen atoms in total. The molecule has 0 aliphatic rings. The largest absolute Gasteiger partial charge is 0.495 e. The summed E-state index contributed by atoms with van der Waals surface area (Å²) in [5, 5.41) is 8.99. The number of carbonyl (C=O) groups excluding carboxylic acids is 1. The minimum Gasteiger partial charge on any atom is -0.495 e. The fourth-order valence-electron chi connectivity index (χ4n) is 1.96. The van der Waals surface area contributed by atoms with Gasteiger partial charge in [0.2, 0.25) is 6.08 Å². The first-order chi connectivity index (χ1) is 10.2. The second-order valence-corrected chi connectivity index (χ2v) is 4.12. The summed E-state index contributed by atoms with van der Waals surface area (Å²) in [5.74, 6) is 0.975. The summed E-state index contributed by atoms with van der Waals surface area (Å²) < 4.78 is 10.4. The molecule has 0 aliphatic heterocycles. The van der Waals surface area contributed by atoms with Crippen molar-refractivity contribution in [3.63, 3.8) is 0 Å². The van der Waals surface area contributed by atoms with Crippen LogP contribution in [0.5, 0.6) is 11.5 Å². The van der Waals surface area contributed by atoms with Crippen LogP contribution in [0, 0.1) is 11.3 Å². The SMILES string of the molecule is COc1cc(-c2ccc(N=C=O)c(OC)c2)ccc1C#N. The first-order valence-corrected chi connectivity index (χ1v) is 6.08. The average molecular weight is 280 g/mol. The molecule has 2 aromatic rings. The molecular formula is C16H12N2O3. The zero-order valence-electron chi connectivity index (χ0n) is 11.6. The van der Waals surface area contributed by atoms with Gasteiger partial charge in [0.05, 0.1) is 19.8 Å². The molecule has 21 heavy (non-hydrogen) atoms. The number of benzene rings is 2. The van der Waals surface area contributed by atoms with Crippen LogP contribution >= 0.6 is 0 Å². The van der Waals surface area contributed by atoms with E-state index in [9.17, 15) is 4.79 Å². The van der Waals surface area contributed by atoms with Gasteiger partial charge >= 0.3 is 0 Å². The minimum atomic E-state index is 0.414. The lowest BCUT2D eigenvalue weighted by molar-refractivity contribution is 0.413. The molecule has 0 amide bonds. The number of aliphatic imine (C=N–C) groups is 1. The lowest BCUT2D eigenvalue weighted by Gasteiger charge is -2.09. The van der Waals surface area contributed by atoms with E-state index in [0.29, 0.717) is 22.7 Å². The fourth-order valence-corrected chi connectivity index (χ4v) is 1.96. The Morgan fingerprint density at radius 2 is 1.62 bits per heavy atom. The van der Waals surface area contributed by atoms with E-state index in [1.807, 2.05) is 6.07 Å². The van der Waals surface area contributed by atoms with E-state index in [2.05, 4.69) is 11.1 Å². The van der Waals surface area contributed by atoms with Crippen LogP contribution in [0.3, 0.4) is 0 Å². The van der Waals surface area contributed by atoms with Crippen LogP contribution < -0.4 is 9.47 Å². The molecule has 0 N–H and O–H groups in total. The molecule has 0 bridgehead atoms. The predicted octanol–water partition coefficient (Wildman–Crippen LogP) is 3.21. The molecule has 0 unspecified atom stereocenters. The summed E-state index contributed by atoms with van der Waals surface area (Å²) in [5.41, 5.74) is 2.61. The van der Waals surface area contributed by atoms with Crippen molar-refractivity contribution < 1.29 is 14.3 Å². The van der Waals surface area contributed by atoms with Gasteiger partial charge in [-0.15, -0.1) is 0 Å². The molecule has 0 fully saturated rings. The molecule has 2 rings (SSSR count). The average Bonchev–Trinajstić information content (AvgIpc) is 2.54. The highest BCUT2D eigenvalue weighted by molar-refractivity contribution is 5.72. The smallest absolute Gasteiger partial charge is 0.240 e. The fraction of sp³-hybridized carbons (Fsp3) is 0.125. The van der Waals surface area contributed by atoms with Crippen LogP contribution in [0.25, 0.3) is 11.1 Å². The Hall–Kier alpha value is -3.09. The number of nitrogens with zero attached hydrogens (tertiary/aromatic N) is 2. The van der Waals surface area contributed by atoms with Gasteiger partial charge in [-0.2, -0.15) is 10.3 Å². The number of ether oxygens (including phenoxy) is 2. The summed E-state index contributed by atoms with van der Waals surface area (Å²) in [6.45, 7) is 0. The van der Waals surface area contributed by atoms with E-state index in [1.165, 1.54) is 20.3 Å². The number of nitriles is 1. The standard InChI is InChI=1S/C16H12N2O3/c1-20-15-7-11(3-4-13(15)9-17)12-5-6-14(18-10-19)16(8-12)21-2/h3-8H,1-2H3. The van der Waals surface area contributed by atoms with Crippen LogP contribution in [-0.2, 0) is 4.79 Å². The minimum absolute atomic E-state index is 0.414. The van der Waals surface area contributed by atoms with E-state index in [-0.39, 0.29) is 0 Å². The number of hydrogen-bond acceptors (Lipinski definition) is 5. The summed E-state index contributed by atoms with van der Waals surface area (Å²) in [6.07, 6.45) is 1.49. The summed E-state index contributed by atoms with van der Waals surface area (Å²) in [7, 11) is 3.02. The Morgan fingerprint density at radius 1 is 1.00 bits per heavy atom. The Kier molecular flexibility index (Phi) is 4.35.